The number of benzene rings is 1. The highest BCUT2D eigenvalue weighted by atomic mass is 16.1. The molecule has 2 rings (SSSR count). The number of hydrazine groups is 4. The minimum Gasteiger partial charge on any atom is -0.164 e. The Hall–Kier alpha value is -0.940. The fourth-order valence-electron chi connectivity index (χ4n) is 0.980. The summed E-state index contributed by atoms with van der Waals surface area (Å²) in [4.78, 5) is 0. The Morgan fingerprint density at radius 2 is 1.82 bits per heavy atom. The first kappa shape index (κ1) is 6.75. The number of nitrogens with one attached hydrogen (secondary N) is 3. The van der Waals surface area contributed by atoms with Gasteiger partial charge in [0.05, 0.1) is 6.54 Å². The first-order chi connectivity index (χ1) is 5.45. The van der Waals surface area contributed by atoms with E-state index in [9.17, 15) is 0 Å². The van der Waals surface area contributed by atoms with Crippen molar-refractivity contribution in [2.45, 2.75) is 6.54 Å². The van der Waals surface area contributed by atoms with Gasteiger partial charge in [-0.05, 0) is 5.56 Å². The minimum atomic E-state index is 0.855. The number of nitrogens with zero attached hydrogens (tertiary/aromatic N) is 1. The third-order valence-electron chi connectivity index (χ3n) is 1.57. The average molecular weight is 150 g/mol. The summed E-state index contributed by atoms with van der Waals surface area (Å²) in [6, 6.07) is 10.2. The highest BCUT2D eigenvalue weighted by Gasteiger charge is 2.10. The van der Waals surface area contributed by atoms with Crippen LogP contribution in [0, 0.1) is 0 Å². The summed E-state index contributed by atoms with van der Waals surface area (Å²) in [6.45, 7) is 0.855. The molecule has 0 aliphatic carbocycles. The maximum Gasteiger partial charge on any atom is 0.0566 e. The molecule has 1 aliphatic rings. The van der Waals surface area contributed by atoms with Crippen LogP contribution in [0.1, 0.15) is 5.56 Å². The maximum absolute atomic E-state index is 2.87. The molecule has 1 heterocycles. The fourth-order valence-corrected chi connectivity index (χ4v) is 0.980. The Kier molecular flexibility index (Phi) is 1.83. The molecule has 1 aromatic carbocycles. The van der Waals surface area contributed by atoms with Crippen molar-refractivity contribution in [3.05, 3.63) is 35.9 Å². The van der Waals surface area contributed by atoms with Gasteiger partial charge in [-0.15, -0.1) is 5.12 Å². The van der Waals surface area contributed by atoms with Crippen LogP contribution in [0.2, 0.25) is 0 Å². The lowest BCUT2D eigenvalue weighted by Gasteiger charge is -2.33. The molecule has 0 spiro atoms. The van der Waals surface area contributed by atoms with Gasteiger partial charge in [0, 0.05) is 0 Å². The molecule has 0 saturated carbocycles. The van der Waals surface area contributed by atoms with Gasteiger partial charge in [-0.3, -0.25) is 0 Å². The molecular weight excluding hydrogens is 140 g/mol. The van der Waals surface area contributed by atoms with Crippen molar-refractivity contribution < 1.29 is 0 Å². The van der Waals surface area contributed by atoms with Gasteiger partial charge in [-0.2, -0.15) is 16.6 Å². The largest absolute Gasteiger partial charge is 0.164 e. The standard InChI is InChI=1S/C7H10N4/c1-2-4-7(5-3-1)6-11-9-8-10-11/h1-5,8-10H,6H2. The van der Waals surface area contributed by atoms with Crippen LogP contribution in [0.3, 0.4) is 0 Å². The van der Waals surface area contributed by atoms with Crippen LogP contribution in [0.25, 0.3) is 0 Å². The zero-order chi connectivity index (χ0) is 7.52. The molecule has 0 radical (unpaired) electrons. The second-order valence-corrected chi connectivity index (χ2v) is 2.42. The second kappa shape index (κ2) is 2.98. The quantitative estimate of drug-likeness (QED) is 0.552. The lowest BCUT2D eigenvalue weighted by atomic mass is 10.2. The van der Waals surface area contributed by atoms with Crippen molar-refractivity contribution in [3.63, 3.8) is 0 Å². The second-order valence-electron chi connectivity index (χ2n) is 2.42. The van der Waals surface area contributed by atoms with Crippen LogP contribution < -0.4 is 16.6 Å². The van der Waals surface area contributed by atoms with E-state index in [1.807, 2.05) is 23.3 Å². The summed E-state index contributed by atoms with van der Waals surface area (Å²) in [6.07, 6.45) is 0. The van der Waals surface area contributed by atoms with Crippen molar-refractivity contribution in [3.8, 4) is 0 Å². The van der Waals surface area contributed by atoms with Crippen molar-refractivity contribution in [2.24, 2.45) is 0 Å². The number of rotatable bonds is 2. The van der Waals surface area contributed by atoms with Crippen LogP contribution in [0.4, 0.5) is 0 Å². The molecule has 4 heteroatoms. The van der Waals surface area contributed by atoms with E-state index >= 15 is 0 Å². The molecule has 0 aromatic heterocycles. The summed E-state index contributed by atoms with van der Waals surface area (Å²) in [7, 11) is 0. The van der Waals surface area contributed by atoms with Gasteiger partial charge in [0.25, 0.3) is 0 Å². The molecule has 1 fully saturated rings. The summed E-state index contributed by atoms with van der Waals surface area (Å²) >= 11 is 0. The van der Waals surface area contributed by atoms with Gasteiger partial charge in [-0.1, -0.05) is 30.3 Å². The molecule has 11 heavy (non-hydrogen) atoms. The van der Waals surface area contributed by atoms with Crippen LogP contribution >= 0.6 is 0 Å². The topological polar surface area (TPSA) is 39.3 Å². The van der Waals surface area contributed by atoms with Gasteiger partial charge < -0.3 is 0 Å². The van der Waals surface area contributed by atoms with Crippen LogP contribution in [0.5, 0.6) is 0 Å². The fraction of sp³-hybridized carbons (Fsp3) is 0.143. The monoisotopic (exact) mass is 150 g/mol. The Morgan fingerprint density at radius 3 is 2.36 bits per heavy atom. The molecule has 0 amide bonds. The average Bonchev–Trinajstić information content (AvgIpc) is 1.99. The van der Waals surface area contributed by atoms with Crippen molar-refractivity contribution in [2.75, 3.05) is 0 Å². The molecule has 4 nitrogen and oxygen atoms in total. The van der Waals surface area contributed by atoms with Gasteiger partial charge in [0.2, 0.25) is 0 Å². The number of hydrogen-bond acceptors (Lipinski definition) is 4. The van der Waals surface area contributed by atoms with E-state index < -0.39 is 0 Å². The van der Waals surface area contributed by atoms with E-state index in [-0.39, 0.29) is 0 Å². The van der Waals surface area contributed by atoms with E-state index in [4.69, 9.17) is 0 Å². The third-order valence-corrected chi connectivity index (χ3v) is 1.57. The van der Waals surface area contributed by atoms with Crippen LogP contribution in [-0.2, 0) is 6.54 Å². The zero-order valence-electron chi connectivity index (χ0n) is 6.04. The van der Waals surface area contributed by atoms with Crippen molar-refractivity contribution in [1.29, 1.82) is 0 Å². The first-order valence-corrected chi connectivity index (χ1v) is 3.53. The molecule has 3 N–H and O–H groups in total. The molecule has 1 saturated heterocycles. The number of hydrogen-bond donors (Lipinski definition) is 3. The third kappa shape index (κ3) is 1.55. The highest BCUT2D eigenvalue weighted by molar-refractivity contribution is 5.14. The van der Waals surface area contributed by atoms with E-state index in [1.54, 1.807) is 0 Å². The normalized spacial score (nSPS) is 17.8. The lowest BCUT2D eigenvalue weighted by Crippen LogP contribution is -2.72. The molecule has 0 unspecified atom stereocenters. The molecule has 1 aliphatic heterocycles. The minimum absolute atomic E-state index is 0.855. The van der Waals surface area contributed by atoms with E-state index in [2.05, 4.69) is 28.7 Å². The molecule has 58 valence electrons. The highest BCUT2D eigenvalue weighted by Crippen LogP contribution is 2.00. The first-order valence-electron chi connectivity index (χ1n) is 3.53. The Labute approximate surface area is 65.1 Å². The predicted molar refractivity (Wildman–Crippen MR) is 41.4 cm³/mol. The summed E-state index contributed by atoms with van der Waals surface area (Å²) in [5.41, 5.74) is 9.71. The molecular formula is C7H10N4. The predicted octanol–water partition coefficient (Wildman–Crippen LogP) is -0.0690. The molecule has 0 bridgehead atoms. The summed E-state index contributed by atoms with van der Waals surface area (Å²) < 4.78 is 0. The summed E-state index contributed by atoms with van der Waals surface area (Å²) in [5, 5.41) is 1.86. The van der Waals surface area contributed by atoms with Gasteiger partial charge >= 0.3 is 0 Å². The van der Waals surface area contributed by atoms with Gasteiger partial charge in [0.1, 0.15) is 0 Å². The van der Waals surface area contributed by atoms with E-state index in [0.717, 1.165) is 6.54 Å². The van der Waals surface area contributed by atoms with E-state index in [1.165, 1.54) is 5.56 Å². The molecule has 1 aromatic rings. The zero-order valence-corrected chi connectivity index (χ0v) is 6.04. The van der Waals surface area contributed by atoms with E-state index in [0.29, 0.717) is 0 Å². The van der Waals surface area contributed by atoms with Gasteiger partial charge in [0.15, 0.2) is 0 Å². The lowest BCUT2D eigenvalue weighted by molar-refractivity contribution is -0.0751. The van der Waals surface area contributed by atoms with Crippen LogP contribution in [-0.4, -0.2) is 5.12 Å². The maximum atomic E-state index is 2.87. The molecule has 0 atom stereocenters. The SMILES string of the molecule is c1ccc(CN2NNN2)cc1. The van der Waals surface area contributed by atoms with Crippen molar-refractivity contribution >= 4 is 0 Å². The Morgan fingerprint density at radius 1 is 1.09 bits per heavy atom. The Bertz CT molecular complexity index is 219. The van der Waals surface area contributed by atoms with Crippen molar-refractivity contribution in [1.82, 2.24) is 21.7 Å². The van der Waals surface area contributed by atoms with Gasteiger partial charge in [-0.25, -0.2) is 0 Å². The van der Waals surface area contributed by atoms with Crippen LogP contribution in [0.15, 0.2) is 30.3 Å². The smallest absolute Gasteiger partial charge is 0.0566 e. The summed E-state index contributed by atoms with van der Waals surface area (Å²) in [5.74, 6) is 0. The Balaban J connectivity index is 1.95.